The van der Waals surface area contributed by atoms with Crippen molar-refractivity contribution < 1.29 is 14.3 Å². The summed E-state index contributed by atoms with van der Waals surface area (Å²) in [6.07, 6.45) is 0. The number of hydrogen-bond donors (Lipinski definition) is 3. The molecule has 3 N–H and O–H groups in total. The molecular weight excluding hydrogens is 273 g/mol. The Morgan fingerprint density at radius 3 is 2.81 bits per heavy atom. The van der Waals surface area contributed by atoms with Crippen molar-refractivity contribution in [2.24, 2.45) is 0 Å². The zero-order valence-electron chi connectivity index (χ0n) is 11.8. The molecule has 0 fully saturated rings. The molecule has 0 bridgehead atoms. The lowest BCUT2D eigenvalue weighted by Crippen LogP contribution is -2.08. The van der Waals surface area contributed by atoms with Crippen molar-refractivity contribution in [3.63, 3.8) is 0 Å². The molecule has 0 atom stereocenters. The van der Waals surface area contributed by atoms with Gasteiger partial charge in [0.1, 0.15) is 17.3 Å². The van der Waals surface area contributed by atoms with Crippen molar-refractivity contribution in [2.45, 2.75) is 20.4 Å². The number of aromatic nitrogens is 1. The number of nitrogens with one attached hydrogen (secondary N) is 2. The van der Waals surface area contributed by atoms with E-state index in [0.717, 1.165) is 5.69 Å². The molecule has 1 aromatic heterocycles. The van der Waals surface area contributed by atoms with Crippen molar-refractivity contribution in [2.75, 3.05) is 10.6 Å². The van der Waals surface area contributed by atoms with E-state index >= 15 is 0 Å². The van der Waals surface area contributed by atoms with E-state index in [2.05, 4.69) is 15.6 Å². The van der Waals surface area contributed by atoms with Gasteiger partial charge in [-0.1, -0.05) is 0 Å². The molecule has 0 radical (unpaired) electrons. The average Bonchev–Trinajstić information content (AvgIpc) is 2.42. The number of hydrogen-bond acceptors (Lipinski definition) is 4. The second kappa shape index (κ2) is 6.21. The molecule has 1 aromatic carbocycles. The van der Waals surface area contributed by atoms with Gasteiger partial charge in [0.2, 0.25) is 5.91 Å². The Balaban J connectivity index is 2.15. The van der Waals surface area contributed by atoms with E-state index in [1.807, 2.05) is 0 Å². The van der Waals surface area contributed by atoms with E-state index in [4.69, 9.17) is 0 Å². The number of anilines is 2. The Bertz CT molecular complexity index is 674. The monoisotopic (exact) mass is 289 g/mol. The van der Waals surface area contributed by atoms with Crippen LogP contribution in [0, 0.1) is 12.7 Å². The maximum atomic E-state index is 13.7. The minimum atomic E-state index is -0.448. The van der Waals surface area contributed by atoms with Crippen molar-refractivity contribution in [1.29, 1.82) is 0 Å². The maximum Gasteiger partial charge on any atom is 0.221 e. The van der Waals surface area contributed by atoms with Crippen LogP contribution in [0.2, 0.25) is 0 Å². The number of carbonyl (C=O) groups excluding carboxylic acids is 1. The number of rotatable bonds is 4. The van der Waals surface area contributed by atoms with E-state index < -0.39 is 5.82 Å². The molecule has 5 nitrogen and oxygen atoms in total. The first-order chi connectivity index (χ1) is 9.95. The molecule has 0 saturated heterocycles. The van der Waals surface area contributed by atoms with Crippen LogP contribution in [-0.2, 0) is 11.3 Å². The topological polar surface area (TPSA) is 74.2 Å². The molecule has 6 heteroatoms. The first kappa shape index (κ1) is 14.8. The quantitative estimate of drug-likeness (QED) is 0.809. The fraction of sp³-hybridized carbons (Fsp3) is 0.200. The zero-order chi connectivity index (χ0) is 15.4. The third-order valence-corrected chi connectivity index (χ3v) is 2.82. The lowest BCUT2D eigenvalue weighted by atomic mass is 10.2. The summed E-state index contributed by atoms with van der Waals surface area (Å²) < 4.78 is 13.7. The third-order valence-electron chi connectivity index (χ3n) is 2.82. The van der Waals surface area contributed by atoms with E-state index in [1.54, 1.807) is 19.1 Å². The summed E-state index contributed by atoms with van der Waals surface area (Å²) >= 11 is 0. The number of halogens is 1. The van der Waals surface area contributed by atoms with Gasteiger partial charge in [-0.2, -0.15) is 0 Å². The smallest absolute Gasteiger partial charge is 0.221 e. The van der Waals surface area contributed by atoms with Crippen LogP contribution in [0.5, 0.6) is 5.75 Å². The molecule has 21 heavy (non-hydrogen) atoms. The van der Waals surface area contributed by atoms with Crippen molar-refractivity contribution in [3.8, 4) is 5.75 Å². The first-order valence-corrected chi connectivity index (χ1v) is 6.42. The van der Waals surface area contributed by atoms with Gasteiger partial charge < -0.3 is 15.7 Å². The largest absolute Gasteiger partial charge is 0.506 e. The summed E-state index contributed by atoms with van der Waals surface area (Å²) in [6.45, 7) is 3.36. The number of amides is 1. The highest BCUT2D eigenvalue weighted by Gasteiger charge is 2.07. The molecule has 1 heterocycles. The minimum absolute atomic E-state index is 0.0477. The number of nitrogens with zero attached hydrogens (tertiary/aromatic N) is 1. The standard InChI is InChI=1S/C15H16FN3O2/c1-9-3-6-15(21)14(18-9)8-17-13-7-11(19-10(2)20)4-5-12(13)16/h3-7,17,21H,8H2,1-2H3,(H,19,20). The van der Waals surface area contributed by atoms with Crippen LogP contribution in [-0.4, -0.2) is 16.0 Å². The molecule has 2 rings (SSSR count). The third kappa shape index (κ3) is 3.92. The van der Waals surface area contributed by atoms with Gasteiger partial charge in [-0.15, -0.1) is 0 Å². The van der Waals surface area contributed by atoms with Gasteiger partial charge in [0.05, 0.1) is 12.2 Å². The van der Waals surface area contributed by atoms with E-state index in [1.165, 1.54) is 25.1 Å². The number of benzene rings is 1. The number of pyridine rings is 1. The van der Waals surface area contributed by atoms with Crippen molar-refractivity contribution >= 4 is 17.3 Å². The molecule has 110 valence electrons. The summed E-state index contributed by atoms with van der Waals surface area (Å²) in [5.41, 5.74) is 1.91. The Morgan fingerprint density at radius 2 is 2.10 bits per heavy atom. The van der Waals surface area contributed by atoms with Gasteiger partial charge in [-0.3, -0.25) is 9.78 Å². The molecule has 0 aliphatic carbocycles. The summed E-state index contributed by atoms with van der Waals surface area (Å²) in [4.78, 5) is 15.2. The van der Waals surface area contributed by atoms with Crippen LogP contribution in [0.4, 0.5) is 15.8 Å². The summed E-state index contributed by atoms with van der Waals surface area (Å²) in [7, 11) is 0. The summed E-state index contributed by atoms with van der Waals surface area (Å²) in [6, 6.07) is 7.46. The second-order valence-corrected chi connectivity index (χ2v) is 4.65. The Labute approximate surface area is 121 Å². The highest BCUT2D eigenvalue weighted by Crippen LogP contribution is 2.22. The van der Waals surface area contributed by atoms with E-state index in [9.17, 15) is 14.3 Å². The molecule has 0 aliphatic rings. The van der Waals surface area contributed by atoms with Crippen molar-refractivity contribution in [1.82, 2.24) is 4.98 Å². The van der Waals surface area contributed by atoms with Gasteiger partial charge in [0.25, 0.3) is 0 Å². The first-order valence-electron chi connectivity index (χ1n) is 6.42. The zero-order valence-corrected chi connectivity index (χ0v) is 11.8. The fourth-order valence-electron chi connectivity index (χ4n) is 1.85. The predicted octanol–water partition coefficient (Wildman–Crippen LogP) is 2.81. The minimum Gasteiger partial charge on any atom is -0.506 e. The van der Waals surface area contributed by atoms with Crippen LogP contribution in [0.1, 0.15) is 18.3 Å². The average molecular weight is 289 g/mol. The Hall–Kier alpha value is -2.63. The molecule has 2 aromatic rings. The number of aryl methyl sites for hydroxylation is 1. The SMILES string of the molecule is CC(=O)Nc1ccc(F)c(NCc2nc(C)ccc2O)c1. The van der Waals surface area contributed by atoms with E-state index in [0.29, 0.717) is 11.4 Å². The highest BCUT2D eigenvalue weighted by molar-refractivity contribution is 5.89. The van der Waals surface area contributed by atoms with Crippen LogP contribution in [0.15, 0.2) is 30.3 Å². The van der Waals surface area contributed by atoms with Crippen LogP contribution in [0.25, 0.3) is 0 Å². The molecule has 0 spiro atoms. The lowest BCUT2D eigenvalue weighted by Gasteiger charge is -2.11. The normalized spacial score (nSPS) is 10.2. The van der Waals surface area contributed by atoms with Gasteiger partial charge in [-0.25, -0.2) is 4.39 Å². The van der Waals surface area contributed by atoms with Crippen LogP contribution < -0.4 is 10.6 Å². The summed E-state index contributed by atoms with van der Waals surface area (Å²) in [5, 5.41) is 15.1. The highest BCUT2D eigenvalue weighted by atomic mass is 19.1. The van der Waals surface area contributed by atoms with Gasteiger partial charge in [0.15, 0.2) is 0 Å². The van der Waals surface area contributed by atoms with E-state index in [-0.39, 0.29) is 23.9 Å². The number of aromatic hydroxyl groups is 1. The molecular formula is C15H16FN3O2. The van der Waals surface area contributed by atoms with Gasteiger partial charge in [-0.05, 0) is 37.3 Å². The lowest BCUT2D eigenvalue weighted by molar-refractivity contribution is -0.114. The fourth-order valence-corrected chi connectivity index (χ4v) is 1.85. The summed E-state index contributed by atoms with van der Waals surface area (Å²) in [5.74, 6) is -0.631. The molecule has 0 saturated carbocycles. The Kier molecular flexibility index (Phi) is 4.37. The maximum absolute atomic E-state index is 13.7. The van der Waals surface area contributed by atoms with Crippen molar-refractivity contribution in [3.05, 3.63) is 47.5 Å². The van der Waals surface area contributed by atoms with Crippen LogP contribution >= 0.6 is 0 Å². The molecule has 1 amide bonds. The Morgan fingerprint density at radius 1 is 1.33 bits per heavy atom. The van der Waals surface area contributed by atoms with Gasteiger partial charge in [0, 0.05) is 18.3 Å². The van der Waals surface area contributed by atoms with Gasteiger partial charge >= 0.3 is 0 Å². The second-order valence-electron chi connectivity index (χ2n) is 4.65. The number of carbonyl (C=O) groups is 1. The predicted molar refractivity (Wildman–Crippen MR) is 78.7 cm³/mol. The van der Waals surface area contributed by atoms with Crippen LogP contribution in [0.3, 0.4) is 0 Å². The molecule has 0 unspecified atom stereocenters. The molecule has 0 aliphatic heterocycles.